The average Bonchev–Trinajstić information content (AvgIpc) is 2.81. The van der Waals surface area contributed by atoms with E-state index in [1.807, 2.05) is 19.1 Å². The number of carboxylic acid groups (broad SMARTS) is 1. The topological polar surface area (TPSA) is 49.8 Å². The van der Waals surface area contributed by atoms with Crippen LogP contribution in [0.15, 0.2) is 24.3 Å². The molecule has 4 heteroatoms. The maximum Gasteiger partial charge on any atom is 0.310 e. The molecule has 0 bridgehead atoms. The van der Waals surface area contributed by atoms with E-state index in [4.69, 9.17) is 4.74 Å². The quantitative estimate of drug-likeness (QED) is 0.868. The van der Waals surface area contributed by atoms with Gasteiger partial charge in [0, 0.05) is 13.1 Å². The molecule has 1 aliphatic rings. The summed E-state index contributed by atoms with van der Waals surface area (Å²) in [5.74, 6) is 0.204. The van der Waals surface area contributed by atoms with Crippen LogP contribution in [0.2, 0.25) is 0 Å². The van der Waals surface area contributed by atoms with Gasteiger partial charge in [-0.1, -0.05) is 19.1 Å². The molecule has 1 aromatic carbocycles. The second-order valence-corrected chi connectivity index (χ2v) is 5.82. The van der Waals surface area contributed by atoms with Crippen LogP contribution in [0.4, 0.5) is 0 Å². The summed E-state index contributed by atoms with van der Waals surface area (Å²) in [6.45, 7) is 6.92. The van der Waals surface area contributed by atoms with Gasteiger partial charge in [-0.15, -0.1) is 0 Å². The molecule has 1 fully saturated rings. The van der Waals surface area contributed by atoms with Gasteiger partial charge in [-0.05, 0) is 44.0 Å². The van der Waals surface area contributed by atoms with Crippen LogP contribution in [0, 0.1) is 5.41 Å². The van der Waals surface area contributed by atoms with Gasteiger partial charge in [-0.25, -0.2) is 0 Å². The van der Waals surface area contributed by atoms with Crippen molar-refractivity contribution in [3.63, 3.8) is 0 Å². The predicted molar refractivity (Wildman–Crippen MR) is 77.9 cm³/mol. The fourth-order valence-corrected chi connectivity index (χ4v) is 2.54. The predicted octanol–water partition coefficient (Wildman–Crippen LogP) is 2.77. The van der Waals surface area contributed by atoms with Crippen LogP contribution in [0.5, 0.6) is 5.75 Å². The van der Waals surface area contributed by atoms with Gasteiger partial charge >= 0.3 is 5.97 Å². The highest BCUT2D eigenvalue weighted by molar-refractivity contribution is 5.74. The van der Waals surface area contributed by atoms with E-state index in [-0.39, 0.29) is 0 Å². The fourth-order valence-electron chi connectivity index (χ4n) is 2.54. The number of rotatable bonds is 6. The van der Waals surface area contributed by atoms with Crippen molar-refractivity contribution in [2.24, 2.45) is 5.41 Å². The Morgan fingerprint density at radius 2 is 2.10 bits per heavy atom. The summed E-state index contributed by atoms with van der Waals surface area (Å²) < 4.78 is 5.55. The van der Waals surface area contributed by atoms with Gasteiger partial charge in [0.05, 0.1) is 12.0 Å². The minimum Gasteiger partial charge on any atom is -0.494 e. The molecule has 0 amide bonds. The lowest BCUT2D eigenvalue weighted by molar-refractivity contribution is -0.147. The smallest absolute Gasteiger partial charge is 0.310 e. The first-order valence-corrected chi connectivity index (χ1v) is 7.21. The molecule has 0 radical (unpaired) electrons. The number of hydrogen-bond acceptors (Lipinski definition) is 3. The molecule has 1 N–H and O–H groups in total. The van der Waals surface area contributed by atoms with Crippen LogP contribution in [-0.4, -0.2) is 35.7 Å². The summed E-state index contributed by atoms with van der Waals surface area (Å²) >= 11 is 0. The zero-order chi connectivity index (χ0) is 14.6. The number of carbonyl (C=O) groups is 1. The monoisotopic (exact) mass is 277 g/mol. The second kappa shape index (κ2) is 6.27. The largest absolute Gasteiger partial charge is 0.494 e. The Bertz CT molecular complexity index is 457. The van der Waals surface area contributed by atoms with E-state index in [1.165, 1.54) is 5.56 Å². The first-order chi connectivity index (χ1) is 9.53. The van der Waals surface area contributed by atoms with Gasteiger partial charge < -0.3 is 9.84 Å². The summed E-state index contributed by atoms with van der Waals surface area (Å²) in [6, 6.07) is 8.08. The van der Waals surface area contributed by atoms with Crippen LogP contribution in [0.1, 0.15) is 32.3 Å². The maximum atomic E-state index is 11.2. The standard InChI is InChI=1S/C16H23NO3/c1-3-10-20-14-6-4-13(5-7-14)11-17-9-8-16(2,12-17)15(18)19/h4-7H,3,8-12H2,1-2H3,(H,18,19). The Kier molecular flexibility index (Phi) is 4.65. The second-order valence-electron chi connectivity index (χ2n) is 5.82. The number of aliphatic carboxylic acids is 1. The number of carboxylic acids is 1. The molecule has 0 spiro atoms. The number of ether oxygens (including phenoxy) is 1. The van der Waals surface area contributed by atoms with Crippen molar-refractivity contribution < 1.29 is 14.6 Å². The molecule has 0 aliphatic carbocycles. The van der Waals surface area contributed by atoms with Gasteiger partial charge in [0.25, 0.3) is 0 Å². The SMILES string of the molecule is CCCOc1ccc(CN2CCC(C)(C(=O)O)C2)cc1. The van der Waals surface area contributed by atoms with Crippen molar-refractivity contribution in [2.45, 2.75) is 33.2 Å². The average molecular weight is 277 g/mol. The van der Waals surface area contributed by atoms with Crippen LogP contribution in [0.25, 0.3) is 0 Å². The lowest BCUT2D eigenvalue weighted by Crippen LogP contribution is -2.31. The molecular weight excluding hydrogens is 254 g/mol. The Balaban J connectivity index is 1.90. The van der Waals surface area contributed by atoms with Crippen molar-refractivity contribution in [3.05, 3.63) is 29.8 Å². The third-order valence-electron chi connectivity index (χ3n) is 3.87. The molecule has 0 aromatic heterocycles. The molecule has 1 atom stereocenters. The summed E-state index contributed by atoms with van der Waals surface area (Å²) in [5.41, 5.74) is 0.605. The van der Waals surface area contributed by atoms with Gasteiger partial charge in [-0.2, -0.15) is 0 Å². The summed E-state index contributed by atoms with van der Waals surface area (Å²) in [7, 11) is 0. The van der Waals surface area contributed by atoms with E-state index < -0.39 is 11.4 Å². The highest BCUT2D eigenvalue weighted by Crippen LogP contribution is 2.31. The normalized spacial score (nSPS) is 22.9. The minimum atomic E-state index is -0.691. The van der Waals surface area contributed by atoms with Gasteiger partial charge in [0.15, 0.2) is 0 Å². The number of likely N-dealkylation sites (tertiary alicyclic amines) is 1. The zero-order valence-corrected chi connectivity index (χ0v) is 12.3. The molecule has 0 saturated carbocycles. The van der Waals surface area contributed by atoms with Crippen molar-refractivity contribution in [1.82, 2.24) is 4.90 Å². The minimum absolute atomic E-state index is 0.593. The van der Waals surface area contributed by atoms with Crippen LogP contribution in [-0.2, 0) is 11.3 Å². The summed E-state index contributed by atoms with van der Waals surface area (Å²) in [4.78, 5) is 13.4. The van der Waals surface area contributed by atoms with E-state index in [2.05, 4.69) is 24.0 Å². The molecule has 1 aliphatic heterocycles. The highest BCUT2D eigenvalue weighted by atomic mass is 16.5. The van der Waals surface area contributed by atoms with Crippen molar-refractivity contribution >= 4 is 5.97 Å². The number of nitrogens with zero attached hydrogens (tertiary/aromatic N) is 1. The van der Waals surface area contributed by atoms with Crippen LogP contribution < -0.4 is 4.74 Å². The molecule has 2 rings (SSSR count). The van der Waals surface area contributed by atoms with E-state index in [0.29, 0.717) is 6.54 Å². The Labute approximate surface area is 120 Å². The van der Waals surface area contributed by atoms with Gasteiger partial charge in [0.1, 0.15) is 5.75 Å². The lowest BCUT2D eigenvalue weighted by atomic mass is 9.90. The van der Waals surface area contributed by atoms with E-state index in [0.717, 1.165) is 38.3 Å². The molecule has 1 unspecified atom stereocenters. The van der Waals surface area contributed by atoms with Crippen LogP contribution >= 0.6 is 0 Å². The van der Waals surface area contributed by atoms with E-state index >= 15 is 0 Å². The Morgan fingerprint density at radius 1 is 1.40 bits per heavy atom. The van der Waals surface area contributed by atoms with Crippen molar-refractivity contribution in [2.75, 3.05) is 19.7 Å². The van der Waals surface area contributed by atoms with E-state index in [1.54, 1.807) is 0 Å². The maximum absolute atomic E-state index is 11.2. The fraction of sp³-hybridized carbons (Fsp3) is 0.562. The summed E-state index contributed by atoms with van der Waals surface area (Å²) in [6.07, 6.45) is 1.73. The molecule has 4 nitrogen and oxygen atoms in total. The third-order valence-corrected chi connectivity index (χ3v) is 3.87. The van der Waals surface area contributed by atoms with Gasteiger partial charge in [0.2, 0.25) is 0 Å². The lowest BCUT2D eigenvalue weighted by Gasteiger charge is -2.20. The third kappa shape index (κ3) is 3.51. The zero-order valence-electron chi connectivity index (χ0n) is 12.3. The molecule has 110 valence electrons. The Morgan fingerprint density at radius 3 is 2.65 bits per heavy atom. The number of hydrogen-bond donors (Lipinski definition) is 1. The van der Waals surface area contributed by atoms with Gasteiger partial charge in [-0.3, -0.25) is 9.69 Å². The molecular formula is C16H23NO3. The number of benzene rings is 1. The van der Waals surface area contributed by atoms with Crippen molar-refractivity contribution in [1.29, 1.82) is 0 Å². The molecule has 1 heterocycles. The Hall–Kier alpha value is -1.55. The van der Waals surface area contributed by atoms with Crippen LogP contribution in [0.3, 0.4) is 0 Å². The first-order valence-electron chi connectivity index (χ1n) is 7.21. The molecule has 20 heavy (non-hydrogen) atoms. The molecule has 1 saturated heterocycles. The molecule has 1 aromatic rings. The first kappa shape index (κ1) is 14.9. The summed E-state index contributed by atoms with van der Waals surface area (Å²) in [5, 5.41) is 9.23. The van der Waals surface area contributed by atoms with E-state index in [9.17, 15) is 9.90 Å². The highest BCUT2D eigenvalue weighted by Gasteiger charge is 2.40. The van der Waals surface area contributed by atoms with Crippen molar-refractivity contribution in [3.8, 4) is 5.75 Å².